The van der Waals surface area contributed by atoms with Gasteiger partial charge in [0, 0.05) is 37.2 Å². The van der Waals surface area contributed by atoms with Crippen molar-refractivity contribution in [2.24, 2.45) is 0 Å². The van der Waals surface area contributed by atoms with Crippen molar-refractivity contribution in [2.75, 3.05) is 19.3 Å². The van der Waals surface area contributed by atoms with Gasteiger partial charge in [-0.2, -0.15) is 0 Å². The Balaban J connectivity index is 1.74. The van der Waals surface area contributed by atoms with Crippen molar-refractivity contribution in [1.82, 2.24) is 14.9 Å². The summed E-state index contributed by atoms with van der Waals surface area (Å²) in [4.78, 5) is 24.2. The molecule has 138 valence electrons. The van der Waals surface area contributed by atoms with Crippen LogP contribution in [-0.2, 0) is 14.8 Å². The van der Waals surface area contributed by atoms with Crippen molar-refractivity contribution < 1.29 is 18.0 Å². The Morgan fingerprint density at radius 1 is 1.20 bits per heavy atom. The summed E-state index contributed by atoms with van der Waals surface area (Å²) < 4.78 is 24.4. The van der Waals surface area contributed by atoms with Gasteiger partial charge in [-0.1, -0.05) is 18.2 Å². The Morgan fingerprint density at radius 3 is 2.36 bits per heavy atom. The highest BCUT2D eigenvalue weighted by Crippen LogP contribution is 2.13. The second-order valence-electron chi connectivity index (χ2n) is 6.45. The average Bonchev–Trinajstić information content (AvgIpc) is 2.55. The molecule has 0 saturated carbocycles. The van der Waals surface area contributed by atoms with Gasteiger partial charge in [0.25, 0.3) is 5.91 Å². The van der Waals surface area contributed by atoms with Crippen LogP contribution in [0.1, 0.15) is 36.5 Å². The molecular weight excluding hydrogens is 342 g/mol. The maximum Gasteiger partial charge on any atom is 0.251 e. The molecule has 2 rings (SSSR count). The van der Waals surface area contributed by atoms with Gasteiger partial charge in [-0.15, -0.1) is 0 Å². The van der Waals surface area contributed by atoms with E-state index in [9.17, 15) is 18.0 Å². The highest BCUT2D eigenvalue weighted by molar-refractivity contribution is 7.88. The normalized spacial score (nSPS) is 17.7. The SMILES string of the molecule is CC(CC(=O)NC1CCN(S(C)(=O)=O)CC1)NC(=O)c1ccccc1. The van der Waals surface area contributed by atoms with Gasteiger partial charge in [-0.3, -0.25) is 9.59 Å². The predicted octanol–water partition coefficient (Wildman–Crippen LogP) is 0.735. The zero-order chi connectivity index (χ0) is 18.4. The minimum Gasteiger partial charge on any atom is -0.353 e. The van der Waals surface area contributed by atoms with Gasteiger partial charge in [0.15, 0.2) is 0 Å². The maximum absolute atomic E-state index is 12.1. The van der Waals surface area contributed by atoms with E-state index in [0.717, 1.165) is 0 Å². The maximum atomic E-state index is 12.1. The Bertz CT molecular complexity index is 698. The molecule has 1 unspecified atom stereocenters. The largest absolute Gasteiger partial charge is 0.353 e. The fraction of sp³-hybridized carbons (Fsp3) is 0.529. The lowest BCUT2D eigenvalue weighted by atomic mass is 10.1. The zero-order valence-corrected chi connectivity index (χ0v) is 15.4. The fourth-order valence-corrected chi connectivity index (χ4v) is 3.72. The number of carbonyl (C=O) groups is 2. The lowest BCUT2D eigenvalue weighted by molar-refractivity contribution is -0.122. The topological polar surface area (TPSA) is 95.6 Å². The van der Waals surface area contributed by atoms with E-state index in [-0.39, 0.29) is 30.3 Å². The molecule has 1 fully saturated rings. The number of amides is 2. The number of hydrogen-bond acceptors (Lipinski definition) is 4. The second kappa shape index (κ2) is 8.44. The van der Waals surface area contributed by atoms with Crippen molar-refractivity contribution in [2.45, 2.75) is 38.3 Å². The van der Waals surface area contributed by atoms with Crippen LogP contribution in [-0.4, -0.2) is 56.0 Å². The molecule has 1 aromatic rings. The van der Waals surface area contributed by atoms with Gasteiger partial charge < -0.3 is 10.6 Å². The lowest BCUT2D eigenvalue weighted by Gasteiger charge is -2.30. The fourth-order valence-electron chi connectivity index (χ4n) is 2.84. The monoisotopic (exact) mass is 367 g/mol. The van der Waals surface area contributed by atoms with Crippen LogP contribution in [0, 0.1) is 0 Å². The number of piperidine rings is 1. The number of carbonyl (C=O) groups excluding carboxylic acids is 2. The molecule has 25 heavy (non-hydrogen) atoms. The van der Waals surface area contributed by atoms with E-state index in [0.29, 0.717) is 31.5 Å². The van der Waals surface area contributed by atoms with Gasteiger partial charge in [0.2, 0.25) is 15.9 Å². The van der Waals surface area contributed by atoms with Crippen LogP contribution in [0.3, 0.4) is 0 Å². The van der Waals surface area contributed by atoms with Gasteiger partial charge in [-0.25, -0.2) is 12.7 Å². The molecule has 1 saturated heterocycles. The summed E-state index contributed by atoms with van der Waals surface area (Å²) in [6, 6.07) is 8.54. The van der Waals surface area contributed by atoms with Crippen LogP contribution < -0.4 is 10.6 Å². The summed E-state index contributed by atoms with van der Waals surface area (Å²) >= 11 is 0. The van der Waals surface area contributed by atoms with Gasteiger partial charge in [0.05, 0.1) is 6.26 Å². The van der Waals surface area contributed by atoms with Crippen molar-refractivity contribution in [3.8, 4) is 0 Å². The van der Waals surface area contributed by atoms with Gasteiger partial charge >= 0.3 is 0 Å². The first-order valence-electron chi connectivity index (χ1n) is 8.36. The van der Waals surface area contributed by atoms with Crippen LogP contribution in [0.15, 0.2) is 30.3 Å². The first kappa shape index (κ1) is 19.4. The summed E-state index contributed by atoms with van der Waals surface area (Å²) in [6.07, 6.45) is 2.58. The Morgan fingerprint density at radius 2 is 1.80 bits per heavy atom. The predicted molar refractivity (Wildman–Crippen MR) is 95.6 cm³/mol. The average molecular weight is 367 g/mol. The van der Waals surface area contributed by atoms with E-state index in [1.165, 1.54) is 10.6 Å². The molecule has 0 aliphatic carbocycles. The van der Waals surface area contributed by atoms with Crippen LogP contribution in [0.2, 0.25) is 0 Å². The van der Waals surface area contributed by atoms with E-state index < -0.39 is 10.0 Å². The molecular formula is C17H25N3O4S. The molecule has 2 amide bonds. The smallest absolute Gasteiger partial charge is 0.251 e. The van der Waals surface area contributed by atoms with E-state index >= 15 is 0 Å². The third kappa shape index (κ3) is 6.13. The molecule has 0 bridgehead atoms. The molecule has 1 aromatic carbocycles. The molecule has 7 nitrogen and oxygen atoms in total. The lowest BCUT2D eigenvalue weighted by Crippen LogP contribution is -2.47. The molecule has 0 radical (unpaired) electrons. The molecule has 2 N–H and O–H groups in total. The summed E-state index contributed by atoms with van der Waals surface area (Å²) in [5.41, 5.74) is 0.558. The molecule has 1 aliphatic rings. The van der Waals surface area contributed by atoms with Crippen molar-refractivity contribution >= 4 is 21.8 Å². The highest BCUT2D eigenvalue weighted by Gasteiger charge is 2.26. The third-order valence-electron chi connectivity index (χ3n) is 4.19. The molecule has 8 heteroatoms. The van der Waals surface area contributed by atoms with E-state index in [1.54, 1.807) is 31.2 Å². The van der Waals surface area contributed by atoms with Crippen LogP contribution in [0.5, 0.6) is 0 Å². The highest BCUT2D eigenvalue weighted by atomic mass is 32.2. The van der Waals surface area contributed by atoms with Crippen molar-refractivity contribution in [3.63, 3.8) is 0 Å². The molecule has 0 spiro atoms. The zero-order valence-electron chi connectivity index (χ0n) is 14.6. The number of hydrogen-bond donors (Lipinski definition) is 2. The Kier molecular flexibility index (Phi) is 6.55. The number of sulfonamides is 1. The molecule has 1 atom stereocenters. The van der Waals surface area contributed by atoms with Gasteiger partial charge in [0.1, 0.15) is 0 Å². The number of benzene rings is 1. The number of rotatable bonds is 6. The Hall–Kier alpha value is -1.93. The number of nitrogens with zero attached hydrogens (tertiary/aromatic N) is 1. The van der Waals surface area contributed by atoms with Crippen LogP contribution in [0.4, 0.5) is 0 Å². The summed E-state index contributed by atoms with van der Waals surface area (Å²) in [5.74, 6) is -0.346. The second-order valence-corrected chi connectivity index (χ2v) is 8.43. The summed E-state index contributed by atoms with van der Waals surface area (Å²) in [5, 5.41) is 5.73. The summed E-state index contributed by atoms with van der Waals surface area (Å²) in [7, 11) is -3.16. The molecule has 1 aliphatic heterocycles. The minimum absolute atomic E-state index is 0.0254. The standard InChI is InChI=1S/C17H25N3O4S/c1-13(18-17(22)14-6-4-3-5-7-14)12-16(21)19-15-8-10-20(11-9-15)25(2,23)24/h3-7,13,15H,8-12H2,1-2H3,(H,18,22)(H,19,21). The first-order valence-corrected chi connectivity index (χ1v) is 10.2. The van der Waals surface area contributed by atoms with Gasteiger partial charge in [-0.05, 0) is 31.9 Å². The Labute approximate surface area is 148 Å². The van der Waals surface area contributed by atoms with E-state index in [1.807, 2.05) is 6.07 Å². The van der Waals surface area contributed by atoms with Crippen LogP contribution in [0.25, 0.3) is 0 Å². The third-order valence-corrected chi connectivity index (χ3v) is 5.50. The summed E-state index contributed by atoms with van der Waals surface area (Å²) in [6.45, 7) is 2.63. The van der Waals surface area contributed by atoms with Crippen LogP contribution >= 0.6 is 0 Å². The molecule has 0 aromatic heterocycles. The first-order chi connectivity index (χ1) is 11.8. The van der Waals surface area contributed by atoms with E-state index in [2.05, 4.69) is 10.6 Å². The van der Waals surface area contributed by atoms with Crippen molar-refractivity contribution in [3.05, 3.63) is 35.9 Å². The minimum atomic E-state index is -3.16. The molecule has 1 heterocycles. The quantitative estimate of drug-likeness (QED) is 0.775. The van der Waals surface area contributed by atoms with Crippen molar-refractivity contribution in [1.29, 1.82) is 0 Å². The van der Waals surface area contributed by atoms with E-state index in [4.69, 9.17) is 0 Å². The number of nitrogens with one attached hydrogen (secondary N) is 2.